The minimum Gasteiger partial charge on any atom is -0.382 e. The molecule has 3 aromatic heterocycles. The first-order valence-corrected chi connectivity index (χ1v) is 7.70. The number of hydrogen-bond donors (Lipinski definition) is 3. The number of nitrogens with one attached hydrogen (secondary N) is 2. The SMILES string of the molecule is Cc1nc(N)c2[nH]c(=O)n(Cc3cnc(CNC(C)C)cn3)c2n1. The number of hydrogen-bond acceptors (Lipinski definition) is 7. The fourth-order valence-electron chi connectivity index (χ4n) is 2.34. The Labute approximate surface area is 138 Å². The zero-order chi connectivity index (χ0) is 17.3. The minimum atomic E-state index is -0.302. The summed E-state index contributed by atoms with van der Waals surface area (Å²) < 4.78 is 1.48. The van der Waals surface area contributed by atoms with Gasteiger partial charge in [0.05, 0.1) is 30.3 Å². The Morgan fingerprint density at radius 3 is 2.62 bits per heavy atom. The molecule has 0 unspecified atom stereocenters. The van der Waals surface area contributed by atoms with Crippen molar-refractivity contribution in [1.82, 2.24) is 34.8 Å². The highest BCUT2D eigenvalue weighted by atomic mass is 16.1. The van der Waals surface area contributed by atoms with Crippen molar-refractivity contribution in [1.29, 1.82) is 0 Å². The number of aromatic nitrogens is 6. The van der Waals surface area contributed by atoms with Crippen LogP contribution >= 0.6 is 0 Å². The number of imidazole rings is 1. The highest BCUT2D eigenvalue weighted by Crippen LogP contribution is 2.14. The van der Waals surface area contributed by atoms with Gasteiger partial charge in [0.15, 0.2) is 11.5 Å². The number of nitrogens with two attached hydrogens (primary N) is 1. The predicted octanol–water partition coefficient (Wildman–Crippen LogP) is 0.347. The number of nitrogen functional groups attached to an aromatic ring is 1. The first-order chi connectivity index (χ1) is 11.4. The molecule has 0 aliphatic carbocycles. The molecule has 4 N–H and O–H groups in total. The van der Waals surface area contributed by atoms with Gasteiger partial charge in [-0.2, -0.15) is 0 Å². The molecule has 0 aliphatic heterocycles. The van der Waals surface area contributed by atoms with Crippen LogP contribution in [-0.2, 0) is 13.1 Å². The average Bonchev–Trinajstić information content (AvgIpc) is 2.83. The van der Waals surface area contributed by atoms with E-state index in [2.05, 4.69) is 44.1 Å². The maximum Gasteiger partial charge on any atom is 0.328 e. The van der Waals surface area contributed by atoms with Crippen LogP contribution in [0.4, 0.5) is 5.82 Å². The number of aromatic amines is 1. The van der Waals surface area contributed by atoms with Crippen LogP contribution in [0, 0.1) is 6.92 Å². The first kappa shape index (κ1) is 16.1. The lowest BCUT2D eigenvalue weighted by molar-refractivity contribution is 0.579. The Morgan fingerprint density at radius 2 is 1.96 bits per heavy atom. The molecule has 3 heterocycles. The molecule has 9 nitrogen and oxygen atoms in total. The van der Waals surface area contributed by atoms with Crippen molar-refractivity contribution in [3.05, 3.63) is 40.1 Å². The van der Waals surface area contributed by atoms with Crippen LogP contribution < -0.4 is 16.7 Å². The van der Waals surface area contributed by atoms with Crippen LogP contribution in [0.25, 0.3) is 11.2 Å². The summed E-state index contributed by atoms with van der Waals surface area (Å²) in [4.78, 5) is 32.0. The minimum absolute atomic E-state index is 0.259. The Kier molecular flexibility index (Phi) is 4.26. The largest absolute Gasteiger partial charge is 0.382 e. The summed E-state index contributed by atoms with van der Waals surface area (Å²) >= 11 is 0. The monoisotopic (exact) mass is 328 g/mol. The molecule has 0 saturated heterocycles. The molecule has 3 rings (SSSR count). The van der Waals surface area contributed by atoms with E-state index < -0.39 is 0 Å². The summed E-state index contributed by atoms with van der Waals surface area (Å²) in [7, 11) is 0. The summed E-state index contributed by atoms with van der Waals surface area (Å²) in [5, 5.41) is 3.28. The molecule has 0 radical (unpaired) electrons. The molecular formula is C15H20N8O. The van der Waals surface area contributed by atoms with E-state index in [4.69, 9.17) is 5.73 Å². The quantitative estimate of drug-likeness (QED) is 0.616. The fraction of sp³-hybridized carbons (Fsp3) is 0.400. The van der Waals surface area contributed by atoms with Crippen LogP contribution in [0.1, 0.15) is 31.1 Å². The molecule has 9 heteroatoms. The average molecular weight is 328 g/mol. The van der Waals surface area contributed by atoms with Crippen molar-refractivity contribution < 1.29 is 0 Å². The van der Waals surface area contributed by atoms with Crippen LogP contribution in [0.15, 0.2) is 17.2 Å². The molecule has 0 fully saturated rings. The van der Waals surface area contributed by atoms with Gasteiger partial charge in [0, 0.05) is 12.6 Å². The van der Waals surface area contributed by atoms with Gasteiger partial charge < -0.3 is 16.0 Å². The maximum absolute atomic E-state index is 12.2. The molecule has 0 bridgehead atoms. The van der Waals surface area contributed by atoms with Crippen LogP contribution in [-0.4, -0.2) is 35.5 Å². The van der Waals surface area contributed by atoms with Crippen LogP contribution in [0.3, 0.4) is 0 Å². The Morgan fingerprint density at radius 1 is 1.25 bits per heavy atom. The Balaban J connectivity index is 1.87. The summed E-state index contributed by atoms with van der Waals surface area (Å²) in [6.07, 6.45) is 3.37. The smallest absolute Gasteiger partial charge is 0.328 e. The van der Waals surface area contributed by atoms with E-state index >= 15 is 0 Å². The molecule has 0 saturated carbocycles. The highest BCUT2D eigenvalue weighted by Gasteiger charge is 2.13. The molecule has 3 aromatic rings. The van der Waals surface area contributed by atoms with Crippen molar-refractivity contribution in [3.63, 3.8) is 0 Å². The standard InChI is InChI=1S/C15H20N8O/c1-8(2)17-4-10-5-19-11(6-18-10)7-23-14-12(22-15(23)24)13(16)20-9(3)21-14/h5-6,8,17H,4,7H2,1-3H3,(H,22,24)(H2,16,20,21). The van der Waals surface area contributed by atoms with E-state index in [0.717, 1.165) is 5.69 Å². The zero-order valence-corrected chi connectivity index (χ0v) is 13.9. The summed E-state index contributed by atoms with van der Waals surface area (Å²) in [6, 6.07) is 0.379. The van der Waals surface area contributed by atoms with E-state index in [1.54, 1.807) is 19.3 Å². The summed E-state index contributed by atoms with van der Waals surface area (Å²) in [6.45, 7) is 6.79. The van der Waals surface area contributed by atoms with Crippen molar-refractivity contribution >= 4 is 17.0 Å². The molecule has 0 aromatic carbocycles. The van der Waals surface area contributed by atoms with Crippen molar-refractivity contribution in [3.8, 4) is 0 Å². The second-order valence-corrected chi connectivity index (χ2v) is 5.91. The Hall–Kier alpha value is -2.81. The lowest BCUT2D eigenvalue weighted by Crippen LogP contribution is -2.23. The fourth-order valence-corrected chi connectivity index (χ4v) is 2.34. The van der Waals surface area contributed by atoms with E-state index in [0.29, 0.717) is 35.3 Å². The summed E-state index contributed by atoms with van der Waals surface area (Å²) in [5.41, 5.74) is 7.97. The van der Waals surface area contributed by atoms with E-state index in [1.165, 1.54) is 4.57 Å². The van der Waals surface area contributed by atoms with Gasteiger partial charge in [-0.3, -0.25) is 14.5 Å². The first-order valence-electron chi connectivity index (χ1n) is 7.70. The third-order valence-corrected chi connectivity index (χ3v) is 3.53. The Bertz CT molecular complexity index is 910. The zero-order valence-electron chi connectivity index (χ0n) is 13.9. The topological polar surface area (TPSA) is 127 Å². The molecule has 0 aliphatic rings. The van der Waals surface area contributed by atoms with Crippen LogP contribution in [0.2, 0.25) is 0 Å². The van der Waals surface area contributed by atoms with Gasteiger partial charge in [-0.1, -0.05) is 13.8 Å². The third kappa shape index (κ3) is 3.25. The normalized spacial score (nSPS) is 11.5. The lowest BCUT2D eigenvalue weighted by Gasteiger charge is -2.08. The highest BCUT2D eigenvalue weighted by molar-refractivity contribution is 5.81. The van der Waals surface area contributed by atoms with Gasteiger partial charge in [0.1, 0.15) is 11.3 Å². The van der Waals surface area contributed by atoms with E-state index in [9.17, 15) is 4.79 Å². The lowest BCUT2D eigenvalue weighted by atomic mass is 10.3. The molecule has 0 spiro atoms. The van der Waals surface area contributed by atoms with Crippen molar-refractivity contribution in [2.45, 2.75) is 39.9 Å². The second kappa shape index (κ2) is 6.36. The van der Waals surface area contributed by atoms with Gasteiger partial charge in [-0.25, -0.2) is 14.8 Å². The second-order valence-electron chi connectivity index (χ2n) is 5.91. The molecular weight excluding hydrogens is 308 g/mol. The number of anilines is 1. The number of aryl methyl sites for hydroxylation is 1. The van der Waals surface area contributed by atoms with Gasteiger partial charge in [0.25, 0.3) is 0 Å². The third-order valence-electron chi connectivity index (χ3n) is 3.53. The van der Waals surface area contributed by atoms with Gasteiger partial charge in [-0.05, 0) is 6.92 Å². The molecule has 126 valence electrons. The number of rotatable bonds is 5. The van der Waals surface area contributed by atoms with Gasteiger partial charge >= 0.3 is 5.69 Å². The summed E-state index contributed by atoms with van der Waals surface area (Å²) in [5.74, 6) is 0.767. The number of fused-ring (bicyclic) bond motifs is 1. The molecule has 0 amide bonds. The van der Waals surface area contributed by atoms with E-state index in [-0.39, 0.29) is 18.1 Å². The molecule has 24 heavy (non-hydrogen) atoms. The maximum atomic E-state index is 12.2. The predicted molar refractivity (Wildman–Crippen MR) is 90.4 cm³/mol. The van der Waals surface area contributed by atoms with Crippen molar-refractivity contribution in [2.24, 2.45) is 0 Å². The number of nitrogens with zero attached hydrogens (tertiary/aromatic N) is 5. The van der Waals surface area contributed by atoms with Crippen LogP contribution in [0.5, 0.6) is 0 Å². The van der Waals surface area contributed by atoms with Gasteiger partial charge in [0.2, 0.25) is 0 Å². The van der Waals surface area contributed by atoms with Crippen molar-refractivity contribution in [2.75, 3.05) is 5.73 Å². The molecule has 0 atom stereocenters. The number of H-pyrrole nitrogens is 1. The van der Waals surface area contributed by atoms with E-state index in [1.807, 2.05) is 0 Å². The van der Waals surface area contributed by atoms with Gasteiger partial charge in [-0.15, -0.1) is 0 Å².